The SMILES string of the molecule is CC(C)N(C)C(C)CCOCc1ccccc1. The quantitative estimate of drug-likeness (QED) is 0.672. The van der Waals surface area contributed by atoms with Crippen molar-refractivity contribution in [2.24, 2.45) is 0 Å². The van der Waals surface area contributed by atoms with E-state index in [2.05, 4.69) is 44.9 Å². The van der Waals surface area contributed by atoms with E-state index in [0.29, 0.717) is 12.1 Å². The number of nitrogens with zero attached hydrogens (tertiary/aromatic N) is 1. The molecule has 1 aromatic rings. The van der Waals surface area contributed by atoms with Crippen LogP contribution in [0.4, 0.5) is 0 Å². The smallest absolute Gasteiger partial charge is 0.0716 e. The minimum atomic E-state index is 0.575. The van der Waals surface area contributed by atoms with Crippen LogP contribution in [0.5, 0.6) is 0 Å². The molecule has 0 heterocycles. The van der Waals surface area contributed by atoms with E-state index in [0.717, 1.165) is 19.6 Å². The second kappa shape index (κ2) is 7.46. The van der Waals surface area contributed by atoms with Crippen molar-refractivity contribution in [3.63, 3.8) is 0 Å². The number of hydrogen-bond acceptors (Lipinski definition) is 2. The van der Waals surface area contributed by atoms with Crippen LogP contribution in [0.1, 0.15) is 32.8 Å². The van der Waals surface area contributed by atoms with Gasteiger partial charge >= 0.3 is 0 Å². The van der Waals surface area contributed by atoms with Crippen molar-refractivity contribution >= 4 is 0 Å². The van der Waals surface area contributed by atoms with Crippen LogP contribution in [-0.4, -0.2) is 30.6 Å². The molecule has 0 aliphatic heterocycles. The first kappa shape index (κ1) is 14.2. The lowest BCUT2D eigenvalue weighted by Gasteiger charge is -2.28. The topological polar surface area (TPSA) is 12.5 Å². The van der Waals surface area contributed by atoms with Gasteiger partial charge < -0.3 is 9.64 Å². The number of ether oxygens (including phenoxy) is 1. The summed E-state index contributed by atoms with van der Waals surface area (Å²) in [6.07, 6.45) is 1.08. The van der Waals surface area contributed by atoms with Crippen LogP contribution >= 0.6 is 0 Å². The average molecular weight is 235 g/mol. The van der Waals surface area contributed by atoms with E-state index < -0.39 is 0 Å². The summed E-state index contributed by atoms with van der Waals surface area (Å²) in [5.41, 5.74) is 1.25. The molecule has 1 rings (SSSR count). The number of benzene rings is 1. The maximum absolute atomic E-state index is 5.69. The maximum Gasteiger partial charge on any atom is 0.0716 e. The van der Waals surface area contributed by atoms with E-state index in [1.54, 1.807) is 0 Å². The molecule has 96 valence electrons. The Labute approximate surface area is 106 Å². The molecule has 0 fully saturated rings. The van der Waals surface area contributed by atoms with Gasteiger partial charge in [-0.25, -0.2) is 0 Å². The highest BCUT2D eigenvalue weighted by Crippen LogP contribution is 2.07. The summed E-state index contributed by atoms with van der Waals surface area (Å²) in [7, 11) is 2.17. The molecule has 2 nitrogen and oxygen atoms in total. The molecule has 0 radical (unpaired) electrons. The van der Waals surface area contributed by atoms with Gasteiger partial charge in [0.2, 0.25) is 0 Å². The number of hydrogen-bond donors (Lipinski definition) is 0. The van der Waals surface area contributed by atoms with Gasteiger partial charge in [0.1, 0.15) is 0 Å². The van der Waals surface area contributed by atoms with Crippen molar-refractivity contribution in [2.75, 3.05) is 13.7 Å². The lowest BCUT2D eigenvalue weighted by atomic mass is 10.2. The first-order valence-corrected chi connectivity index (χ1v) is 6.45. The van der Waals surface area contributed by atoms with Crippen molar-refractivity contribution in [2.45, 2.75) is 45.9 Å². The van der Waals surface area contributed by atoms with E-state index in [-0.39, 0.29) is 0 Å². The standard InChI is InChI=1S/C15H25NO/c1-13(2)16(4)14(3)10-11-17-12-15-8-6-5-7-9-15/h5-9,13-14H,10-12H2,1-4H3. The van der Waals surface area contributed by atoms with Gasteiger partial charge in [-0.3, -0.25) is 0 Å². The summed E-state index contributed by atoms with van der Waals surface area (Å²) in [6, 6.07) is 11.5. The third-order valence-electron chi connectivity index (χ3n) is 3.30. The molecule has 0 N–H and O–H groups in total. The highest BCUT2D eigenvalue weighted by atomic mass is 16.5. The van der Waals surface area contributed by atoms with Gasteiger partial charge in [-0.05, 0) is 39.8 Å². The fourth-order valence-electron chi connectivity index (χ4n) is 1.73. The second-order valence-corrected chi connectivity index (χ2v) is 4.94. The Morgan fingerprint density at radius 2 is 1.76 bits per heavy atom. The largest absolute Gasteiger partial charge is 0.377 e. The predicted octanol–water partition coefficient (Wildman–Crippen LogP) is 3.32. The molecule has 0 saturated carbocycles. The zero-order valence-corrected chi connectivity index (χ0v) is 11.5. The normalized spacial score (nSPS) is 13.3. The van der Waals surface area contributed by atoms with Crippen molar-refractivity contribution in [3.05, 3.63) is 35.9 Å². The van der Waals surface area contributed by atoms with Gasteiger partial charge in [0, 0.05) is 18.7 Å². The molecular weight excluding hydrogens is 210 g/mol. The highest BCUT2D eigenvalue weighted by Gasteiger charge is 2.11. The van der Waals surface area contributed by atoms with Gasteiger partial charge in [0.05, 0.1) is 6.61 Å². The van der Waals surface area contributed by atoms with Crippen molar-refractivity contribution in [1.82, 2.24) is 4.90 Å². The van der Waals surface area contributed by atoms with Gasteiger partial charge in [-0.15, -0.1) is 0 Å². The van der Waals surface area contributed by atoms with Crippen LogP contribution in [0, 0.1) is 0 Å². The monoisotopic (exact) mass is 235 g/mol. The molecule has 1 aromatic carbocycles. The molecule has 0 aromatic heterocycles. The first-order valence-electron chi connectivity index (χ1n) is 6.45. The van der Waals surface area contributed by atoms with Crippen LogP contribution in [0.2, 0.25) is 0 Å². The summed E-state index contributed by atoms with van der Waals surface area (Å²) in [6.45, 7) is 8.25. The maximum atomic E-state index is 5.69. The summed E-state index contributed by atoms with van der Waals surface area (Å²) >= 11 is 0. The minimum Gasteiger partial charge on any atom is -0.377 e. The molecule has 1 unspecified atom stereocenters. The first-order chi connectivity index (χ1) is 8.11. The molecule has 0 aliphatic rings. The van der Waals surface area contributed by atoms with Crippen LogP contribution in [-0.2, 0) is 11.3 Å². The van der Waals surface area contributed by atoms with Crippen LogP contribution < -0.4 is 0 Å². The fourth-order valence-corrected chi connectivity index (χ4v) is 1.73. The van der Waals surface area contributed by atoms with E-state index in [4.69, 9.17) is 4.74 Å². The zero-order valence-electron chi connectivity index (χ0n) is 11.5. The Bertz CT molecular complexity index is 297. The van der Waals surface area contributed by atoms with Crippen LogP contribution in [0.25, 0.3) is 0 Å². The van der Waals surface area contributed by atoms with Crippen molar-refractivity contribution in [1.29, 1.82) is 0 Å². The molecular formula is C15H25NO. The Kier molecular flexibility index (Phi) is 6.23. The van der Waals surface area contributed by atoms with Crippen LogP contribution in [0.15, 0.2) is 30.3 Å². The van der Waals surface area contributed by atoms with E-state index in [1.807, 2.05) is 18.2 Å². The Hall–Kier alpha value is -0.860. The van der Waals surface area contributed by atoms with E-state index in [9.17, 15) is 0 Å². The Morgan fingerprint density at radius 3 is 2.35 bits per heavy atom. The summed E-state index contributed by atoms with van der Waals surface area (Å²) in [4.78, 5) is 2.38. The third-order valence-corrected chi connectivity index (χ3v) is 3.30. The molecule has 0 aliphatic carbocycles. The molecule has 17 heavy (non-hydrogen) atoms. The van der Waals surface area contributed by atoms with Gasteiger partial charge in [-0.2, -0.15) is 0 Å². The van der Waals surface area contributed by atoms with E-state index in [1.165, 1.54) is 5.56 Å². The van der Waals surface area contributed by atoms with E-state index >= 15 is 0 Å². The van der Waals surface area contributed by atoms with Gasteiger partial charge in [0.25, 0.3) is 0 Å². The van der Waals surface area contributed by atoms with Crippen LogP contribution in [0.3, 0.4) is 0 Å². The lowest BCUT2D eigenvalue weighted by molar-refractivity contribution is 0.0908. The highest BCUT2D eigenvalue weighted by molar-refractivity contribution is 5.13. The van der Waals surface area contributed by atoms with Crippen molar-refractivity contribution < 1.29 is 4.74 Å². The fraction of sp³-hybridized carbons (Fsp3) is 0.600. The van der Waals surface area contributed by atoms with Crippen molar-refractivity contribution in [3.8, 4) is 0 Å². The minimum absolute atomic E-state index is 0.575. The third kappa shape index (κ3) is 5.33. The molecule has 0 bridgehead atoms. The predicted molar refractivity (Wildman–Crippen MR) is 73.1 cm³/mol. The Morgan fingerprint density at radius 1 is 1.12 bits per heavy atom. The Balaban J connectivity index is 2.16. The summed E-state index contributed by atoms with van der Waals surface area (Å²) < 4.78 is 5.69. The molecule has 0 amide bonds. The van der Waals surface area contributed by atoms with Gasteiger partial charge in [0.15, 0.2) is 0 Å². The zero-order chi connectivity index (χ0) is 12.7. The molecule has 0 saturated heterocycles. The number of rotatable bonds is 7. The van der Waals surface area contributed by atoms with Gasteiger partial charge in [-0.1, -0.05) is 30.3 Å². The average Bonchev–Trinajstić information content (AvgIpc) is 2.34. The summed E-state index contributed by atoms with van der Waals surface area (Å²) in [5, 5.41) is 0. The second-order valence-electron chi connectivity index (χ2n) is 4.94. The molecule has 0 spiro atoms. The molecule has 2 heteroatoms. The molecule has 1 atom stereocenters. The lowest BCUT2D eigenvalue weighted by Crippen LogP contribution is -2.35. The summed E-state index contributed by atoms with van der Waals surface area (Å²) in [5.74, 6) is 0.